The van der Waals surface area contributed by atoms with Gasteiger partial charge >= 0.3 is 0 Å². The number of aryl methyl sites for hydroxylation is 2. The Kier molecular flexibility index (Phi) is 4.52. The first-order chi connectivity index (χ1) is 10.7. The van der Waals surface area contributed by atoms with E-state index in [9.17, 15) is 0 Å². The van der Waals surface area contributed by atoms with E-state index in [0.717, 1.165) is 49.8 Å². The smallest absolute Gasteiger partial charge is 0.240 e. The maximum Gasteiger partial charge on any atom is 0.240 e. The second-order valence-electron chi connectivity index (χ2n) is 6.23. The quantitative estimate of drug-likeness (QED) is 0.874. The van der Waals surface area contributed by atoms with Crippen LogP contribution in [0.1, 0.15) is 56.5 Å². The van der Waals surface area contributed by atoms with Gasteiger partial charge in [0, 0.05) is 31.8 Å². The van der Waals surface area contributed by atoms with Gasteiger partial charge in [-0.05, 0) is 12.3 Å². The highest BCUT2D eigenvalue weighted by Crippen LogP contribution is 2.20. The average Bonchev–Trinajstić information content (AvgIpc) is 3.13. The van der Waals surface area contributed by atoms with Crippen molar-refractivity contribution in [2.75, 3.05) is 6.54 Å². The summed E-state index contributed by atoms with van der Waals surface area (Å²) >= 11 is 0. The summed E-state index contributed by atoms with van der Waals surface area (Å²) in [4.78, 5) is 4.38. The molecule has 22 heavy (non-hydrogen) atoms. The molecule has 0 saturated heterocycles. The van der Waals surface area contributed by atoms with Crippen molar-refractivity contribution in [1.82, 2.24) is 30.2 Å². The van der Waals surface area contributed by atoms with Crippen molar-refractivity contribution in [3.63, 3.8) is 0 Å². The molecule has 1 aliphatic heterocycles. The Labute approximate surface area is 130 Å². The summed E-state index contributed by atoms with van der Waals surface area (Å²) in [6.07, 6.45) is 3.10. The lowest BCUT2D eigenvalue weighted by Crippen LogP contribution is -2.30. The van der Waals surface area contributed by atoms with Gasteiger partial charge in [-0.1, -0.05) is 25.9 Å². The van der Waals surface area contributed by atoms with Gasteiger partial charge in [0.05, 0.1) is 6.54 Å². The molecule has 0 amide bonds. The Morgan fingerprint density at radius 3 is 2.95 bits per heavy atom. The van der Waals surface area contributed by atoms with Crippen molar-refractivity contribution in [3.05, 3.63) is 23.4 Å². The maximum absolute atomic E-state index is 5.25. The fourth-order valence-electron chi connectivity index (χ4n) is 2.84. The molecule has 3 heterocycles. The second-order valence-corrected chi connectivity index (χ2v) is 6.23. The highest BCUT2D eigenvalue weighted by atomic mass is 16.5. The molecular formula is C15H24N6O. The first-order valence-electron chi connectivity index (χ1n) is 8.11. The summed E-state index contributed by atoms with van der Waals surface area (Å²) in [6.45, 7) is 8.82. The Hall–Kier alpha value is -1.76. The van der Waals surface area contributed by atoms with Gasteiger partial charge in [-0.15, -0.1) is 10.2 Å². The Morgan fingerprint density at radius 2 is 2.23 bits per heavy atom. The molecule has 0 fully saturated rings. The molecule has 0 unspecified atom stereocenters. The van der Waals surface area contributed by atoms with Gasteiger partial charge in [0.2, 0.25) is 5.89 Å². The molecule has 0 bridgehead atoms. The first kappa shape index (κ1) is 15.1. The summed E-state index contributed by atoms with van der Waals surface area (Å²) in [5.74, 6) is 4.57. The van der Waals surface area contributed by atoms with E-state index in [1.807, 2.05) is 0 Å². The molecule has 0 spiro atoms. The molecule has 3 rings (SSSR count). The number of hydrogen-bond donors (Lipinski definition) is 1. The maximum atomic E-state index is 5.25. The third-order valence-corrected chi connectivity index (χ3v) is 4.15. The predicted octanol–water partition coefficient (Wildman–Crippen LogP) is 1.70. The van der Waals surface area contributed by atoms with Crippen molar-refractivity contribution in [1.29, 1.82) is 0 Å². The van der Waals surface area contributed by atoms with Crippen LogP contribution in [0.5, 0.6) is 0 Å². The molecule has 1 aliphatic rings. The first-order valence-corrected chi connectivity index (χ1v) is 8.11. The van der Waals surface area contributed by atoms with Gasteiger partial charge in [-0.25, -0.2) is 0 Å². The number of aromatic nitrogens is 5. The molecule has 0 aliphatic carbocycles. The molecule has 1 atom stereocenters. The molecule has 7 heteroatoms. The Balaban J connectivity index is 1.50. The van der Waals surface area contributed by atoms with Crippen molar-refractivity contribution in [3.8, 4) is 0 Å². The number of hydrogen-bond acceptors (Lipinski definition) is 6. The highest BCUT2D eigenvalue weighted by molar-refractivity contribution is 5.00. The lowest BCUT2D eigenvalue weighted by Gasteiger charge is -2.24. The minimum atomic E-state index is 0.301. The fourth-order valence-corrected chi connectivity index (χ4v) is 2.84. The van der Waals surface area contributed by atoms with E-state index in [4.69, 9.17) is 4.52 Å². The minimum absolute atomic E-state index is 0.301. The molecule has 0 saturated carbocycles. The molecule has 2 aromatic heterocycles. The molecule has 0 radical (unpaired) electrons. The van der Waals surface area contributed by atoms with Gasteiger partial charge in [-0.3, -0.25) is 0 Å². The van der Waals surface area contributed by atoms with E-state index in [2.05, 4.69) is 51.0 Å². The summed E-state index contributed by atoms with van der Waals surface area (Å²) < 4.78 is 7.52. The van der Waals surface area contributed by atoms with E-state index in [0.29, 0.717) is 24.3 Å². The summed E-state index contributed by atoms with van der Waals surface area (Å²) in [5, 5.41) is 15.9. The number of fused-ring (bicyclic) bond motifs is 1. The van der Waals surface area contributed by atoms with Crippen LogP contribution in [-0.2, 0) is 25.9 Å². The molecule has 2 aromatic rings. The van der Waals surface area contributed by atoms with Crippen molar-refractivity contribution in [2.24, 2.45) is 5.92 Å². The zero-order chi connectivity index (χ0) is 15.5. The largest absolute Gasteiger partial charge is 0.338 e. The lowest BCUT2D eigenvalue weighted by atomic mass is 9.99. The van der Waals surface area contributed by atoms with Crippen LogP contribution >= 0.6 is 0 Å². The summed E-state index contributed by atoms with van der Waals surface area (Å²) in [7, 11) is 0. The molecule has 7 nitrogen and oxygen atoms in total. The molecule has 0 aromatic carbocycles. The third kappa shape index (κ3) is 3.19. The Bertz CT molecular complexity index is 604. The van der Waals surface area contributed by atoms with Gasteiger partial charge in [-0.2, -0.15) is 4.98 Å². The minimum Gasteiger partial charge on any atom is -0.338 e. The average molecular weight is 304 g/mol. The highest BCUT2D eigenvalue weighted by Gasteiger charge is 2.22. The van der Waals surface area contributed by atoms with Gasteiger partial charge in [0.25, 0.3) is 0 Å². The van der Waals surface area contributed by atoms with E-state index in [1.165, 1.54) is 0 Å². The monoisotopic (exact) mass is 304 g/mol. The third-order valence-electron chi connectivity index (χ3n) is 4.15. The normalized spacial score (nSPS) is 17.9. The van der Waals surface area contributed by atoms with Gasteiger partial charge in [0.15, 0.2) is 5.82 Å². The van der Waals surface area contributed by atoms with Crippen LogP contribution in [-0.4, -0.2) is 31.4 Å². The fraction of sp³-hybridized carbons (Fsp3) is 0.733. The zero-order valence-electron chi connectivity index (χ0n) is 13.5. The predicted molar refractivity (Wildman–Crippen MR) is 81.3 cm³/mol. The van der Waals surface area contributed by atoms with Crippen molar-refractivity contribution >= 4 is 0 Å². The van der Waals surface area contributed by atoms with Crippen LogP contribution in [0.4, 0.5) is 0 Å². The van der Waals surface area contributed by atoms with Crippen LogP contribution < -0.4 is 5.32 Å². The van der Waals surface area contributed by atoms with Crippen LogP contribution in [0.15, 0.2) is 4.52 Å². The van der Waals surface area contributed by atoms with Crippen LogP contribution in [0.25, 0.3) is 0 Å². The number of rotatable bonds is 6. The Morgan fingerprint density at radius 1 is 1.36 bits per heavy atom. The van der Waals surface area contributed by atoms with Crippen molar-refractivity contribution in [2.45, 2.75) is 59.0 Å². The van der Waals surface area contributed by atoms with E-state index < -0.39 is 0 Å². The number of nitrogens with zero attached hydrogens (tertiary/aromatic N) is 5. The van der Waals surface area contributed by atoms with Crippen LogP contribution in [0.3, 0.4) is 0 Å². The second kappa shape index (κ2) is 6.56. The van der Waals surface area contributed by atoms with Gasteiger partial charge < -0.3 is 14.4 Å². The topological polar surface area (TPSA) is 81.7 Å². The van der Waals surface area contributed by atoms with E-state index in [-0.39, 0.29) is 0 Å². The van der Waals surface area contributed by atoms with Gasteiger partial charge in [0.1, 0.15) is 11.6 Å². The zero-order valence-corrected chi connectivity index (χ0v) is 13.5. The van der Waals surface area contributed by atoms with Crippen LogP contribution in [0.2, 0.25) is 0 Å². The molecule has 120 valence electrons. The number of nitrogens with one attached hydrogen (secondary N) is 1. The van der Waals surface area contributed by atoms with E-state index in [1.54, 1.807) is 0 Å². The standard InChI is InChI=1S/C15H24N6O/c1-4-12-18-19-13-6-5-11(9-21(12)13)7-16-8-14-17-15(10(2)3)20-22-14/h10-11,16H,4-9H2,1-3H3/t11-/m0/s1. The molecular weight excluding hydrogens is 280 g/mol. The SMILES string of the molecule is CCc1nnc2n1C[C@H](CNCc1nc(C(C)C)no1)CC2. The van der Waals surface area contributed by atoms with Crippen molar-refractivity contribution < 1.29 is 4.52 Å². The summed E-state index contributed by atoms with van der Waals surface area (Å²) in [5.41, 5.74) is 0. The van der Waals surface area contributed by atoms with E-state index >= 15 is 0 Å². The lowest BCUT2D eigenvalue weighted by molar-refractivity contribution is 0.322. The molecule has 1 N–H and O–H groups in total. The summed E-state index contributed by atoms with van der Waals surface area (Å²) in [6, 6.07) is 0. The van der Waals surface area contributed by atoms with Crippen LogP contribution in [0, 0.1) is 5.92 Å².